The monoisotopic (exact) mass is 434 g/mol. The van der Waals surface area contributed by atoms with Crippen LogP contribution in [0.25, 0.3) is 0 Å². The molecule has 1 saturated heterocycles. The summed E-state index contributed by atoms with van der Waals surface area (Å²) in [5, 5.41) is 6.75. The van der Waals surface area contributed by atoms with Crippen LogP contribution in [0, 0.1) is 6.92 Å². The van der Waals surface area contributed by atoms with Gasteiger partial charge in [0.1, 0.15) is 0 Å². The zero-order chi connectivity index (χ0) is 20.8. The molecule has 0 spiro atoms. The molecular formula is C21H24Cl2N4O2. The van der Waals surface area contributed by atoms with Crippen molar-refractivity contribution >= 4 is 46.4 Å². The Labute approximate surface area is 180 Å². The highest BCUT2D eigenvalue weighted by molar-refractivity contribution is 6.31. The smallest absolute Gasteiger partial charge is 0.243 e. The number of rotatable bonds is 6. The molecule has 1 aliphatic heterocycles. The van der Waals surface area contributed by atoms with Gasteiger partial charge in [-0.1, -0.05) is 35.3 Å². The Kier molecular flexibility index (Phi) is 7.36. The minimum atomic E-state index is -0.283. The fourth-order valence-electron chi connectivity index (χ4n) is 3.21. The van der Waals surface area contributed by atoms with Gasteiger partial charge in [-0.05, 0) is 42.8 Å². The third-order valence-corrected chi connectivity index (χ3v) is 5.55. The van der Waals surface area contributed by atoms with Crippen LogP contribution in [0.5, 0.6) is 0 Å². The first-order chi connectivity index (χ1) is 13.9. The van der Waals surface area contributed by atoms with Crippen molar-refractivity contribution in [2.24, 2.45) is 0 Å². The molecule has 154 valence electrons. The zero-order valence-corrected chi connectivity index (χ0v) is 17.8. The second kappa shape index (κ2) is 9.96. The highest BCUT2D eigenvalue weighted by atomic mass is 35.5. The summed E-state index contributed by atoms with van der Waals surface area (Å²) >= 11 is 12.1. The molecule has 0 saturated carbocycles. The number of piperazine rings is 1. The summed E-state index contributed by atoms with van der Waals surface area (Å²) in [5.74, 6) is -0.450. The van der Waals surface area contributed by atoms with Crippen molar-refractivity contribution in [3.63, 3.8) is 0 Å². The number of nitrogens with zero attached hydrogens (tertiary/aromatic N) is 2. The molecule has 0 radical (unpaired) electrons. The number of hydrogen-bond donors (Lipinski definition) is 2. The Hall–Kier alpha value is -2.28. The van der Waals surface area contributed by atoms with Crippen LogP contribution in [-0.4, -0.2) is 56.0 Å². The summed E-state index contributed by atoms with van der Waals surface area (Å²) < 4.78 is 0. The van der Waals surface area contributed by atoms with Gasteiger partial charge < -0.3 is 15.5 Å². The van der Waals surface area contributed by atoms with Crippen molar-refractivity contribution in [1.29, 1.82) is 0 Å². The number of amides is 2. The number of anilines is 2. The largest absolute Gasteiger partial charge is 0.369 e. The van der Waals surface area contributed by atoms with Gasteiger partial charge in [-0.15, -0.1) is 0 Å². The standard InChI is InChI=1S/C21H24Cl2N4O2/c1-15-18(23)6-3-7-19(15)25-20(28)13-24-21(29)14-26-8-10-27(11-9-26)17-5-2-4-16(22)12-17/h2-7,12H,8-11,13-14H2,1H3,(H,24,29)(H,25,28). The van der Waals surface area contributed by atoms with Crippen LogP contribution in [0.1, 0.15) is 5.56 Å². The van der Waals surface area contributed by atoms with E-state index in [1.54, 1.807) is 18.2 Å². The summed E-state index contributed by atoms with van der Waals surface area (Å²) in [6, 6.07) is 13.1. The van der Waals surface area contributed by atoms with Gasteiger partial charge in [0.05, 0.1) is 13.1 Å². The van der Waals surface area contributed by atoms with Crippen molar-refractivity contribution < 1.29 is 9.59 Å². The van der Waals surface area contributed by atoms with Crippen molar-refractivity contribution in [2.75, 3.05) is 49.5 Å². The summed E-state index contributed by atoms with van der Waals surface area (Å²) in [6.07, 6.45) is 0. The Balaban J connectivity index is 1.40. The summed E-state index contributed by atoms with van der Waals surface area (Å²) in [5.41, 5.74) is 2.54. The summed E-state index contributed by atoms with van der Waals surface area (Å²) in [6.45, 7) is 5.21. The van der Waals surface area contributed by atoms with E-state index in [4.69, 9.17) is 23.2 Å². The van der Waals surface area contributed by atoms with Gasteiger partial charge >= 0.3 is 0 Å². The molecule has 1 heterocycles. The first-order valence-corrected chi connectivity index (χ1v) is 10.2. The van der Waals surface area contributed by atoms with E-state index < -0.39 is 0 Å². The Morgan fingerprint density at radius 1 is 1.00 bits per heavy atom. The van der Waals surface area contributed by atoms with Crippen LogP contribution < -0.4 is 15.5 Å². The molecule has 2 amide bonds. The van der Waals surface area contributed by atoms with E-state index in [1.807, 2.05) is 31.2 Å². The zero-order valence-electron chi connectivity index (χ0n) is 16.3. The van der Waals surface area contributed by atoms with Crippen LogP contribution in [0.2, 0.25) is 10.0 Å². The van der Waals surface area contributed by atoms with E-state index in [0.717, 1.165) is 42.5 Å². The number of carbonyl (C=O) groups is 2. The van der Waals surface area contributed by atoms with Crippen LogP contribution in [-0.2, 0) is 9.59 Å². The second-order valence-electron chi connectivity index (χ2n) is 6.98. The molecule has 8 heteroatoms. The van der Waals surface area contributed by atoms with Gasteiger partial charge in [0.15, 0.2) is 0 Å². The molecule has 2 aromatic rings. The first-order valence-electron chi connectivity index (χ1n) is 9.47. The third-order valence-electron chi connectivity index (χ3n) is 4.90. The topological polar surface area (TPSA) is 64.7 Å². The van der Waals surface area contributed by atoms with E-state index >= 15 is 0 Å². The summed E-state index contributed by atoms with van der Waals surface area (Å²) in [4.78, 5) is 28.6. The molecule has 0 aliphatic carbocycles. The van der Waals surface area contributed by atoms with Crippen molar-refractivity contribution in [1.82, 2.24) is 10.2 Å². The third kappa shape index (κ3) is 6.10. The molecule has 2 aromatic carbocycles. The van der Waals surface area contributed by atoms with Gasteiger partial charge in [-0.2, -0.15) is 0 Å². The number of halogens is 2. The van der Waals surface area contributed by atoms with Gasteiger partial charge in [0, 0.05) is 47.6 Å². The predicted octanol–water partition coefficient (Wildman–Crippen LogP) is 3.18. The molecule has 2 N–H and O–H groups in total. The first kappa shape index (κ1) is 21.4. The maximum Gasteiger partial charge on any atom is 0.243 e. The fourth-order valence-corrected chi connectivity index (χ4v) is 3.57. The normalized spacial score (nSPS) is 14.5. The molecule has 1 fully saturated rings. The van der Waals surface area contributed by atoms with Gasteiger partial charge in [-0.3, -0.25) is 14.5 Å². The lowest BCUT2D eigenvalue weighted by molar-refractivity contribution is -0.125. The van der Waals surface area contributed by atoms with E-state index in [2.05, 4.69) is 20.4 Å². The SMILES string of the molecule is Cc1c(Cl)cccc1NC(=O)CNC(=O)CN1CCN(c2cccc(Cl)c2)CC1. The maximum atomic E-state index is 12.2. The average Bonchev–Trinajstić information content (AvgIpc) is 2.70. The molecule has 29 heavy (non-hydrogen) atoms. The summed E-state index contributed by atoms with van der Waals surface area (Å²) in [7, 11) is 0. The highest BCUT2D eigenvalue weighted by Gasteiger charge is 2.19. The average molecular weight is 435 g/mol. The van der Waals surface area contributed by atoms with E-state index in [1.165, 1.54) is 0 Å². The molecule has 0 bridgehead atoms. The molecule has 0 aromatic heterocycles. The van der Waals surface area contributed by atoms with Gasteiger partial charge in [0.2, 0.25) is 11.8 Å². The lowest BCUT2D eigenvalue weighted by atomic mass is 10.2. The quantitative estimate of drug-likeness (QED) is 0.732. The minimum Gasteiger partial charge on any atom is -0.369 e. The van der Waals surface area contributed by atoms with Crippen LogP contribution >= 0.6 is 23.2 Å². The second-order valence-corrected chi connectivity index (χ2v) is 7.82. The van der Waals surface area contributed by atoms with Gasteiger partial charge in [-0.25, -0.2) is 0 Å². The molecule has 1 aliphatic rings. The van der Waals surface area contributed by atoms with Crippen molar-refractivity contribution in [2.45, 2.75) is 6.92 Å². The lowest BCUT2D eigenvalue weighted by Crippen LogP contribution is -2.50. The van der Waals surface area contributed by atoms with Gasteiger partial charge in [0.25, 0.3) is 0 Å². The number of hydrogen-bond acceptors (Lipinski definition) is 4. The number of nitrogens with one attached hydrogen (secondary N) is 2. The molecule has 6 nitrogen and oxygen atoms in total. The minimum absolute atomic E-state index is 0.0761. The van der Waals surface area contributed by atoms with Crippen molar-refractivity contribution in [3.05, 3.63) is 58.1 Å². The number of benzene rings is 2. The van der Waals surface area contributed by atoms with Crippen LogP contribution in [0.4, 0.5) is 11.4 Å². The maximum absolute atomic E-state index is 12.2. The van der Waals surface area contributed by atoms with Crippen molar-refractivity contribution in [3.8, 4) is 0 Å². The lowest BCUT2D eigenvalue weighted by Gasteiger charge is -2.35. The van der Waals surface area contributed by atoms with E-state index in [-0.39, 0.29) is 24.9 Å². The Morgan fingerprint density at radius 3 is 2.45 bits per heavy atom. The van der Waals surface area contributed by atoms with Crippen LogP contribution in [0.15, 0.2) is 42.5 Å². The fraction of sp³-hybridized carbons (Fsp3) is 0.333. The molecule has 0 unspecified atom stereocenters. The Morgan fingerprint density at radius 2 is 1.72 bits per heavy atom. The Bertz CT molecular complexity index is 883. The van der Waals surface area contributed by atoms with E-state index in [9.17, 15) is 9.59 Å². The van der Waals surface area contributed by atoms with Crippen LogP contribution in [0.3, 0.4) is 0 Å². The number of carbonyl (C=O) groups excluding carboxylic acids is 2. The highest BCUT2D eigenvalue weighted by Crippen LogP contribution is 2.23. The molecular weight excluding hydrogens is 411 g/mol. The molecule has 0 atom stereocenters. The molecule has 3 rings (SSSR count). The predicted molar refractivity (Wildman–Crippen MR) is 118 cm³/mol. The van der Waals surface area contributed by atoms with E-state index in [0.29, 0.717) is 10.7 Å².